The van der Waals surface area contributed by atoms with Crippen molar-refractivity contribution in [2.75, 3.05) is 26.2 Å². The highest BCUT2D eigenvalue weighted by atomic mass is 16.5. The summed E-state index contributed by atoms with van der Waals surface area (Å²) in [5, 5.41) is 15.8. The number of morpholine rings is 1. The Hall–Kier alpha value is -2.32. The van der Waals surface area contributed by atoms with Gasteiger partial charge in [-0.1, -0.05) is 44.2 Å². The molecule has 1 aromatic heterocycles. The standard InChI is InChI=1S/C21H32N6O2/c1-15(2)19(27-24-20(23-25-27)18-9-6-5-7-10-18)21(28)22-11-8-12-26-13-16(3)29-17(4)14-26/h5-7,9-10,15-17,19H,8,11-14H2,1-4H3,(H,22,28). The van der Waals surface area contributed by atoms with E-state index in [0.29, 0.717) is 12.4 Å². The van der Waals surface area contributed by atoms with Gasteiger partial charge in [-0.15, -0.1) is 10.2 Å². The van der Waals surface area contributed by atoms with Gasteiger partial charge < -0.3 is 10.1 Å². The van der Waals surface area contributed by atoms with Crippen LogP contribution in [0.4, 0.5) is 0 Å². The van der Waals surface area contributed by atoms with Crippen LogP contribution >= 0.6 is 0 Å². The maximum Gasteiger partial charge on any atom is 0.247 e. The highest BCUT2D eigenvalue weighted by Gasteiger charge is 2.27. The maximum atomic E-state index is 12.8. The number of tetrazole rings is 1. The van der Waals surface area contributed by atoms with Crippen LogP contribution in [0.5, 0.6) is 0 Å². The summed E-state index contributed by atoms with van der Waals surface area (Å²) in [7, 11) is 0. The number of carbonyl (C=O) groups is 1. The lowest BCUT2D eigenvalue weighted by Crippen LogP contribution is -2.46. The van der Waals surface area contributed by atoms with Crippen molar-refractivity contribution in [2.24, 2.45) is 5.92 Å². The first-order chi connectivity index (χ1) is 13.9. The number of benzene rings is 1. The lowest BCUT2D eigenvalue weighted by molar-refractivity contribution is -0.126. The molecule has 8 nitrogen and oxygen atoms in total. The molecule has 1 fully saturated rings. The van der Waals surface area contributed by atoms with Gasteiger partial charge in [0, 0.05) is 31.7 Å². The van der Waals surface area contributed by atoms with Crippen molar-refractivity contribution in [2.45, 2.75) is 52.4 Å². The molecule has 2 heterocycles. The third kappa shape index (κ3) is 5.83. The number of rotatable bonds is 8. The first kappa shape index (κ1) is 21.4. The molecule has 1 aliphatic rings. The van der Waals surface area contributed by atoms with Gasteiger partial charge in [-0.3, -0.25) is 9.69 Å². The average molecular weight is 401 g/mol. The Kier molecular flexibility index (Phi) is 7.33. The van der Waals surface area contributed by atoms with Crippen molar-refractivity contribution in [3.8, 4) is 11.4 Å². The fraction of sp³-hybridized carbons (Fsp3) is 0.619. The molecule has 0 radical (unpaired) electrons. The highest BCUT2D eigenvalue weighted by molar-refractivity contribution is 5.80. The Labute approximate surface area is 172 Å². The van der Waals surface area contributed by atoms with Crippen molar-refractivity contribution < 1.29 is 9.53 Å². The fourth-order valence-electron chi connectivity index (χ4n) is 3.81. The molecule has 3 rings (SSSR count). The zero-order valence-corrected chi connectivity index (χ0v) is 17.8. The second kappa shape index (κ2) is 9.93. The van der Waals surface area contributed by atoms with Crippen molar-refractivity contribution in [1.82, 2.24) is 30.4 Å². The molecule has 1 saturated heterocycles. The molecule has 1 aliphatic heterocycles. The number of amides is 1. The molecule has 8 heteroatoms. The van der Waals surface area contributed by atoms with E-state index < -0.39 is 6.04 Å². The first-order valence-electron chi connectivity index (χ1n) is 10.4. The van der Waals surface area contributed by atoms with Gasteiger partial charge in [0.2, 0.25) is 11.7 Å². The molecule has 158 valence electrons. The van der Waals surface area contributed by atoms with E-state index >= 15 is 0 Å². The van der Waals surface area contributed by atoms with E-state index in [4.69, 9.17) is 4.74 Å². The number of nitrogens with zero attached hydrogens (tertiary/aromatic N) is 5. The topological polar surface area (TPSA) is 85.2 Å². The van der Waals surface area contributed by atoms with Crippen LogP contribution in [-0.4, -0.2) is 69.4 Å². The van der Waals surface area contributed by atoms with Crippen molar-refractivity contribution in [3.63, 3.8) is 0 Å². The molecule has 0 saturated carbocycles. The molecule has 3 unspecified atom stereocenters. The number of aromatic nitrogens is 4. The van der Waals surface area contributed by atoms with E-state index in [1.165, 1.54) is 4.80 Å². The normalized spacial score (nSPS) is 21.3. The number of ether oxygens (including phenoxy) is 1. The van der Waals surface area contributed by atoms with Crippen LogP contribution in [0.1, 0.15) is 40.2 Å². The molecule has 2 aromatic rings. The molecule has 0 bridgehead atoms. The largest absolute Gasteiger partial charge is 0.373 e. The molecule has 0 spiro atoms. The maximum absolute atomic E-state index is 12.8. The predicted molar refractivity (Wildman–Crippen MR) is 111 cm³/mol. The van der Waals surface area contributed by atoms with Crippen LogP contribution < -0.4 is 5.32 Å². The Morgan fingerprint density at radius 2 is 1.90 bits per heavy atom. The summed E-state index contributed by atoms with van der Waals surface area (Å²) in [6.07, 6.45) is 1.42. The van der Waals surface area contributed by atoms with Gasteiger partial charge in [-0.25, -0.2) is 0 Å². The second-order valence-electron chi connectivity index (χ2n) is 8.15. The van der Waals surface area contributed by atoms with E-state index in [0.717, 1.165) is 31.6 Å². The number of carbonyl (C=O) groups excluding carboxylic acids is 1. The second-order valence-corrected chi connectivity index (χ2v) is 8.15. The summed E-state index contributed by atoms with van der Waals surface area (Å²) in [6.45, 7) is 11.7. The zero-order chi connectivity index (χ0) is 20.8. The monoisotopic (exact) mass is 400 g/mol. The van der Waals surface area contributed by atoms with Crippen molar-refractivity contribution in [1.29, 1.82) is 0 Å². The lowest BCUT2D eigenvalue weighted by atomic mass is 10.0. The van der Waals surface area contributed by atoms with E-state index in [2.05, 4.69) is 39.5 Å². The van der Waals surface area contributed by atoms with Crippen LogP contribution in [0.25, 0.3) is 11.4 Å². The molecule has 1 amide bonds. The number of nitrogens with one attached hydrogen (secondary N) is 1. The molecule has 3 atom stereocenters. The highest BCUT2D eigenvalue weighted by Crippen LogP contribution is 2.18. The molecule has 29 heavy (non-hydrogen) atoms. The Bertz CT molecular complexity index is 768. The van der Waals surface area contributed by atoms with Crippen LogP contribution in [0.15, 0.2) is 30.3 Å². The summed E-state index contributed by atoms with van der Waals surface area (Å²) in [4.78, 5) is 16.6. The van der Waals surface area contributed by atoms with E-state index in [1.807, 2.05) is 44.2 Å². The minimum atomic E-state index is -0.483. The van der Waals surface area contributed by atoms with Gasteiger partial charge >= 0.3 is 0 Å². The van der Waals surface area contributed by atoms with E-state index in [9.17, 15) is 4.79 Å². The van der Waals surface area contributed by atoms with Crippen LogP contribution in [0, 0.1) is 5.92 Å². The summed E-state index contributed by atoms with van der Waals surface area (Å²) >= 11 is 0. The first-order valence-corrected chi connectivity index (χ1v) is 10.4. The van der Waals surface area contributed by atoms with Gasteiger partial charge in [0.25, 0.3) is 0 Å². The minimum Gasteiger partial charge on any atom is -0.373 e. The SMILES string of the molecule is CC1CN(CCCNC(=O)C(C(C)C)n2nnc(-c3ccccc3)n2)CC(C)O1. The summed E-state index contributed by atoms with van der Waals surface area (Å²) in [6, 6.07) is 9.18. The van der Waals surface area contributed by atoms with E-state index in [-0.39, 0.29) is 24.0 Å². The Balaban J connectivity index is 1.53. The fourth-order valence-corrected chi connectivity index (χ4v) is 3.81. The lowest BCUT2D eigenvalue weighted by Gasteiger charge is -2.35. The Morgan fingerprint density at radius 1 is 1.21 bits per heavy atom. The third-order valence-electron chi connectivity index (χ3n) is 5.05. The summed E-state index contributed by atoms with van der Waals surface area (Å²) < 4.78 is 5.77. The molecule has 1 N–H and O–H groups in total. The van der Waals surface area contributed by atoms with Gasteiger partial charge in [0.05, 0.1) is 12.2 Å². The molecular weight excluding hydrogens is 368 g/mol. The van der Waals surface area contributed by atoms with Crippen LogP contribution in [0.3, 0.4) is 0 Å². The number of hydrogen-bond acceptors (Lipinski definition) is 6. The Morgan fingerprint density at radius 3 is 2.55 bits per heavy atom. The van der Waals surface area contributed by atoms with Crippen LogP contribution in [0.2, 0.25) is 0 Å². The van der Waals surface area contributed by atoms with Gasteiger partial charge in [-0.05, 0) is 31.4 Å². The quantitative estimate of drug-likeness (QED) is 0.684. The summed E-state index contributed by atoms with van der Waals surface area (Å²) in [5.41, 5.74) is 0.885. The molecule has 1 aromatic carbocycles. The van der Waals surface area contributed by atoms with E-state index in [1.54, 1.807) is 0 Å². The zero-order valence-electron chi connectivity index (χ0n) is 17.8. The van der Waals surface area contributed by atoms with Crippen LogP contribution in [-0.2, 0) is 9.53 Å². The summed E-state index contributed by atoms with van der Waals surface area (Å²) in [5.74, 6) is 0.508. The average Bonchev–Trinajstić information content (AvgIpc) is 3.14. The van der Waals surface area contributed by atoms with Gasteiger partial charge in [0.15, 0.2) is 6.04 Å². The smallest absolute Gasteiger partial charge is 0.247 e. The van der Waals surface area contributed by atoms with Gasteiger partial charge in [-0.2, -0.15) is 4.80 Å². The number of hydrogen-bond donors (Lipinski definition) is 1. The van der Waals surface area contributed by atoms with Gasteiger partial charge in [0.1, 0.15) is 0 Å². The third-order valence-corrected chi connectivity index (χ3v) is 5.05. The minimum absolute atomic E-state index is 0.0498. The molecule has 0 aliphatic carbocycles. The predicted octanol–water partition coefficient (Wildman–Crippen LogP) is 2.15. The van der Waals surface area contributed by atoms with Crippen molar-refractivity contribution >= 4 is 5.91 Å². The van der Waals surface area contributed by atoms with Crippen molar-refractivity contribution in [3.05, 3.63) is 30.3 Å². The molecular formula is C21H32N6O2.